The van der Waals surface area contributed by atoms with Gasteiger partial charge in [0.25, 0.3) is 0 Å². The fourth-order valence-electron chi connectivity index (χ4n) is 2.82. The maximum Gasteiger partial charge on any atom is 0.490 e. The molecule has 0 aromatic carbocycles. The Labute approximate surface area is 126 Å². The second-order valence-electron chi connectivity index (χ2n) is 6.16. The van der Waals surface area contributed by atoms with E-state index in [9.17, 15) is 18.0 Å². The molecule has 126 valence electrons. The normalized spacial score (nSPS) is 23.3. The van der Waals surface area contributed by atoms with Gasteiger partial charge < -0.3 is 15.3 Å². The minimum atomic E-state index is -5.08. The molecule has 1 saturated carbocycles. The van der Waals surface area contributed by atoms with Crippen LogP contribution in [0, 0.1) is 17.8 Å². The summed E-state index contributed by atoms with van der Waals surface area (Å²) in [6.45, 7) is 4.47. The highest BCUT2D eigenvalue weighted by Crippen LogP contribution is 2.34. The first kappa shape index (κ1) is 17.1. The van der Waals surface area contributed by atoms with Gasteiger partial charge >= 0.3 is 12.1 Å². The molecule has 0 aromatic heterocycles. The van der Waals surface area contributed by atoms with Crippen LogP contribution >= 0.6 is 0 Å². The number of rotatable bonds is 2. The summed E-state index contributed by atoms with van der Waals surface area (Å²) in [7, 11) is 0. The van der Waals surface area contributed by atoms with Crippen LogP contribution in [0.1, 0.15) is 25.7 Å². The van der Waals surface area contributed by atoms with Gasteiger partial charge in [-0.1, -0.05) is 0 Å². The summed E-state index contributed by atoms with van der Waals surface area (Å²) in [5.41, 5.74) is 0. The number of piperidine rings is 1. The van der Waals surface area contributed by atoms with Gasteiger partial charge in [-0.2, -0.15) is 13.2 Å². The summed E-state index contributed by atoms with van der Waals surface area (Å²) >= 11 is 0. The molecule has 8 heteroatoms. The number of hydrogen-bond acceptors (Lipinski definition) is 3. The summed E-state index contributed by atoms with van der Waals surface area (Å²) in [6.07, 6.45) is -0.313. The molecule has 22 heavy (non-hydrogen) atoms. The first-order valence-corrected chi connectivity index (χ1v) is 7.58. The van der Waals surface area contributed by atoms with Crippen LogP contribution < -0.4 is 5.32 Å². The SMILES string of the molecule is O=C(C1CC1)N1CCC(C2CNC2)CC1.O=C(O)C(F)(F)F. The molecule has 3 fully saturated rings. The van der Waals surface area contributed by atoms with Crippen LogP contribution in [0.3, 0.4) is 0 Å². The number of aliphatic carboxylic acids is 1. The number of likely N-dealkylation sites (tertiary alicyclic amines) is 1. The molecule has 5 nitrogen and oxygen atoms in total. The Kier molecular flexibility index (Phi) is 5.31. The number of amides is 1. The van der Waals surface area contributed by atoms with Gasteiger partial charge in [-0.15, -0.1) is 0 Å². The molecule has 3 aliphatic rings. The molecule has 2 aliphatic heterocycles. The third-order valence-electron chi connectivity index (χ3n) is 4.50. The van der Waals surface area contributed by atoms with Gasteiger partial charge in [0, 0.05) is 19.0 Å². The monoisotopic (exact) mass is 322 g/mol. The molecule has 3 rings (SSSR count). The Bertz CT molecular complexity index is 412. The topological polar surface area (TPSA) is 69.6 Å². The maximum absolute atomic E-state index is 11.8. The number of carboxylic acids is 1. The Balaban J connectivity index is 0.000000217. The van der Waals surface area contributed by atoms with E-state index in [1.54, 1.807) is 0 Å². The highest BCUT2D eigenvalue weighted by molar-refractivity contribution is 5.81. The quantitative estimate of drug-likeness (QED) is 0.808. The van der Waals surface area contributed by atoms with Crippen molar-refractivity contribution >= 4 is 11.9 Å². The van der Waals surface area contributed by atoms with Gasteiger partial charge in [0.15, 0.2) is 0 Å². The maximum atomic E-state index is 11.8. The van der Waals surface area contributed by atoms with Gasteiger partial charge in [0.2, 0.25) is 5.91 Å². The Morgan fingerprint density at radius 3 is 1.82 bits per heavy atom. The summed E-state index contributed by atoms with van der Waals surface area (Å²) in [6, 6.07) is 0. The third-order valence-corrected chi connectivity index (χ3v) is 4.50. The number of nitrogens with zero attached hydrogens (tertiary/aromatic N) is 1. The van der Waals surface area contributed by atoms with Crippen molar-refractivity contribution in [3.63, 3.8) is 0 Å². The number of carbonyl (C=O) groups excluding carboxylic acids is 1. The molecule has 0 radical (unpaired) electrons. The predicted molar refractivity (Wildman–Crippen MR) is 72.1 cm³/mol. The van der Waals surface area contributed by atoms with Crippen molar-refractivity contribution in [3.05, 3.63) is 0 Å². The zero-order valence-corrected chi connectivity index (χ0v) is 12.2. The van der Waals surface area contributed by atoms with Gasteiger partial charge in [-0.3, -0.25) is 4.79 Å². The molecular formula is C14H21F3N2O3. The first-order chi connectivity index (χ1) is 10.3. The number of hydrogen-bond donors (Lipinski definition) is 2. The van der Waals surface area contributed by atoms with Gasteiger partial charge in [-0.05, 0) is 50.6 Å². The molecule has 2 saturated heterocycles. The van der Waals surface area contributed by atoms with Gasteiger partial charge in [0.1, 0.15) is 0 Å². The fourth-order valence-corrected chi connectivity index (χ4v) is 2.82. The fraction of sp³-hybridized carbons (Fsp3) is 0.857. The van der Waals surface area contributed by atoms with Crippen LogP contribution in [-0.4, -0.2) is 54.2 Å². The molecule has 0 bridgehead atoms. The lowest BCUT2D eigenvalue weighted by molar-refractivity contribution is -0.192. The van der Waals surface area contributed by atoms with Crippen LogP contribution in [0.2, 0.25) is 0 Å². The van der Waals surface area contributed by atoms with E-state index in [1.807, 2.05) is 0 Å². The highest BCUT2D eigenvalue weighted by Gasteiger charge is 2.38. The van der Waals surface area contributed by atoms with Crippen LogP contribution in [0.25, 0.3) is 0 Å². The zero-order valence-electron chi connectivity index (χ0n) is 12.2. The number of carboxylic acid groups (broad SMARTS) is 1. The van der Waals surface area contributed by atoms with Crippen molar-refractivity contribution in [3.8, 4) is 0 Å². The third kappa shape index (κ3) is 4.59. The molecule has 0 spiro atoms. The molecule has 2 heterocycles. The molecule has 2 N–H and O–H groups in total. The lowest BCUT2D eigenvalue weighted by Crippen LogP contribution is -2.50. The first-order valence-electron chi connectivity index (χ1n) is 7.58. The standard InChI is InChI=1S/C12H20N2O.C2HF3O2/c15-12(10-1-2-10)14-5-3-9(4-6-14)11-7-13-8-11;3-2(4,5)1(6)7/h9-11,13H,1-8H2;(H,6,7). The predicted octanol–water partition coefficient (Wildman–Crippen LogP) is 1.49. The minimum absolute atomic E-state index is 0.409. The molecule has 1 amide bonds. The largest absolute Gasteiger partial charge is 0.490 e. The molecule has 1 aliphatic carbocycles. The van der Waals surface area contributed by atoms with E-state index in [0.717, 1.165) is 37.8 Å². The molecule has 0 unspecified atom stereocenters. The van der Waals surface area contributed by atoms with Crippen LogP contribution in [-0.2, 0) is 9.59 Å². The molecular weight excluding hydrogens is 301 g/mol. The van der Waals surface area contributed by atoms with Crippen molar-refractivity contribution in [2.24, 2.45) is 17.8 Å². The van der Waals surface area contributed by atoms with E-state index in [2.05, 4.69) is 10.2 Å². The van der Waals surface area contributed by atoms with E-state index in [1.165, 1.54) is 25.9 Å². The van der Waals surface area contributed by atoms with E-state index < -0.39 is 12.1 Å². The van der Waals surface area contributed by atoms with Gasteiger partial charge in [-0.25, -0.2) is 4.79 Å². The van der Waals surface area contributed by atoms with Crippen molar-refractivity contribution in [2.75, 3.05) is 26.2 Å². The van der Waals surface area contributed by atoms with E-state index in [4.69, 9.17) is 9.90 Å². The average Bonchev–Trinajstić information content (AvgIpc) is 3.20. The summed E-state index contributed by atoms with van der Waals surface area (Å²) in [4.78, 5) is 22.8. The van der Waals surface area contributed by atoms with Crippen molar-refractivity contribution in [1.29, 1.82) is 0 Å². The average molecular weight is 322 g/mol. The van der Waals surface area contributed by atoms with E-state index in [0.29, 0.717) is 11.8 Å². The summed E-state index contributed by atoms with van der Waals surface area (Å²) < 4.78 is 31.7. The number of nitrogens with one attached hydrogen (secondary N) is 1. The van der Waals surface area contributed by atoms with Crippen molar-refractivity contribution < 1.29 is 27.9 Å². The zero-order chi connectivity index (χ0) is 16.3. The van der Waals surface area contributed by atoms with E-state index in [-0.39, 0.29) is 0 Å². The number of alkyl halides is 3. The smallest absolute Gasteiger partial charge is 0.475 e. The van der Waals surface area contributed by atoms with E-state index >= 15 is 0 Å². The van der Waals surface area contributed by atoms with Crippen molar-refractivity contribution in [1.82, 2.24) is 10.2 Å². The van der Waals surface area contributed by atoms with Crippen LogP contribution in [0.5, 0.6) is 0 Å². The Morgan fingerprint density at radius 2 is 1.50 bits per heavy atom. The second-order valence-corrected chi connectivity index (χ2v) is 6.16. The molecule has 0 aromatic rings. The lowest BCUT2D eigenvalue weighted by Gasteiger charge is -2.40. The second kappa shape index (κ2) is 6.85. The lowest BCUT2D eigenvalue weighted by atomic mass is 9.81. The summed E-state index contributed by atoms with van der Waals surface area (Å²) in [5.74, 6) is -0.114. The summed E-state index contributed by atoms with van der Waals surface area (Å²) in [5, 5.41) is 10.5. The van der Waals surface area contributed by atoms with Crippen LogP contribution in [0.15, 0.2) is 0 Å². The number of halogens is 3. The van der Waals surface area contributed by atoms with Crippen LogP contribution in [0.4, 0.5) is 13.2 Å². The van der Waals surface area contributed by atoms with Gasteiger partial charge in [0.05, 0.1) is 0 Å². The Morgan fingerprint density at radius 1 is 1.00 bits per heavy atom. The minimum Gasteiger partial charge on any atom is -0.475 e. The highest BCUT2D eigenvalue weighted by atomic mass is 19.4. The number of carbonyl (C=O) groups is 2. The Hall–Kier alpha value is -1.31. The van der Waals surface area contributed by atoms with Crippen molar-refractivity contribution in [2.45, 2.75) is 31.9 Å². The molecule has 0 atom stereocenters.